The summed E-state index contributed by atoms with van der Waals surface area (Å²) in [7, 11) is 0. The zero-order valence-corrected chi connectivity index (χ0v) is 16.9. The van der Waals surface area contributed by atoms with Crippen LogP contribution in [0, 0.1) is 0 Å². The Bertz CT molecular complexity index is 810. The van der Waals surface area contributed by atoms with Crippen LogP contribution in [0.3, 0.4) is 0 Å². The average molecular weight is 430 g/mol. The Morgan fingerprint density at radius 2 is 1.42 bits per heavy atom. The third-order valence-corrected chi connectivity index (χ3v) is 4.44. The Morgan fingerprint density at radius 3 is 1.90 bits per heavy atom. The fraction of sp³-hybridized carbons (Fsp3) is 0.318. The first-order valence-corrected chi connectivity index (χ1v) is 9.77. The number of piperidine rings is 1. The molecule has 2 aromatic carbocycles. The number of nitrogens with one attached hydrogen (secondary N) is 2. The molecule has 0 radical (unpaired) electrons. The minimum absolute atomic E-state index is 0.187. The lowest BCUT2D eigenvalue weighted by molar-refractivity contribution is -0.159. The van der Waals surface area contributed by atoms with E-state index in [0.29, 0.717) is 19.8 Å². The number of aliphatic carboxylic acids is 2. The predicted octanol–water partition coefficient (Wildman–Crippen LogP) is 1.73. The van der Waals surface area contributed by atoms with Gasteiger partial charge in [0, 0.05) is 12.6 Å². The molecule has 1 aliphatic heterocycles. The molecule has 0 saturated carbocycles. The van der Waals surface area contributed by atoms with Crippen molar-refractivity contribution in [3.8, 4) is 0 Å². The van der Waals surface area contributed by atoms with E-state index in [-0.39, 0.29) is 18.1 Å². The van der Waals surface area contributed by atoms with Crippen molar-refractivity contribution in [2.24, 2.45) is 0 Å². The van der Waals surface area contributed by atoms with Crippen LogP contribution < -0.4 is 10.8 Å². The highest BCUT2D eigenvalue weighted by Gasteiger charge is 2.26. The van der Waals surface area contributed by atoms with Gasteiger partial charge in [0.15, 0.2) is 0 Å². The normalized spacial score (nSPS) is 17.7. The molecule has 0 spiro atoms. The second-order valence-electron chi connectivity index (χ2n) is 6.83. The van der Waals surface area contributed by atoms with Gasteiger partial charge in [0.1, 0.15) is 12.6 Å². The van der Waals surface area contributed by atoms with E-state index in [1.54, 1.807) is 0 Å². The summed E-state index contributed by atoms with van der Waals surface area (Å²) in [5.74, 6) is -3.84. The van der Waals surface area contributed by atoms with Gasteiger partial charge in [-0.1, -0.05) is 60.7 Å². The van der Waals surface area contributed by atoms with Crippen LogP contribution >= 0.6 is 0 Å². The molecule has 0 bridgehead atoms. The molecule has 1 fully saturated rings. The topological polar surface area (TPSA) is 134 Å². The van der Waals surface area contributed by atoms with Gasteiger partial charge in [-0.15, -0.1) is 0 Å². The van der Waals surface area contributed by atoms with Crippen LogP contribution in [0.25, 0.3) is 0 Å². The zero-order valence-electron chi connectivity index (χ0n) is 16.9. The minimum atomic E-state index is -1.82. The lowest BCUT2D eigenvalue weighted by atomic mass is 10.0. The number of carbonyl (C=O) groups is 3. The maximum atomic E-state index is 12.1. The molecule has 0 aromatic heterocycles. The number of hydrogen-bond donors (Lipinski definition) is 4. The van der Waals surface area contributed by atoms with Crippen molar-refractivity contribution in [3.05, 3.63) is 71.8 Å². The van der Waals surface area contributed by atoms with Crippen molar-refractivity contribution in [3.63, 3.8) is 0 Å². The first kappa shape index (κ1) is 24.0. The van der Waals surface area contributed by atoms with E-state index in [1.807, 2.05) is 60.7 Å². The number of ether oxygens (including phenoxy) is 1. The maximum absolute atomic E-state index is 12.1. The van der Waals surface area contributed by atoms with Crippen LogP contribution in [0.5, 0.6) is 0 Å². The molecule has 0 amide bonds. The molecule has 31 heavy (non-hydrogen) atoms. The van der Waals surface area contributed by atoms with Crippen molar-refractivity contribution in [2.45, 2.75) is 38.1 Å². The SMILES string of the molecule is O=C(O)C(=O)O.O=C(OCc1ccccc1)[C@@H]1CC[C@@H](NOCc2ccccc2)CN1. The number of hydroxylamine groups is 1. The number of carboxylic acid groups (broad SMARTS) is 2. The molecule has 4 N–H and O–H groups in total. The van der Waals surface area contributed by atoms with Crippen LogP contribution in [0.2, 0.25) is 0 Å². The van der Waals surface area contributed by atoms with Gasteiger partial charge >= 0.3 is 17.9 Å². The average Bonchev–Trinajstić information content (AvgIpc) is 2.80. The Hall–Kier alpha value is -3.27. The van der Waals surface area contributed by atoms with Gasteiger partial charge in [0.2, 0.25) is 0 Å². The van der Waals surface area contributed by atoms with Crippen LogP contribution in [-0.2, 0) is 37.2 Å². The molecule has 166 valence electrons. The summed E-state index contributed by atoms with van der Waals surface area (Å²) in [6.07, 6.45) is 1.60. The molecular formula is C22H26N2O7. The molecule has 9 nitrogen and oxygen atoms in total. The molecule has 1 saturated heterocycles. The van der Waals surface area contributed by atoms with E-state index in [2.05, 4.69) is 10.8 Å². The highest BCUT2D eigenvalue weighted by molar-refractivity contribution is 6.27. The lowest BCUT2D eigenvalue weighted by Crippen LogP contribution is -2.51. The van der Waals surface area contributed by atoms with E-state index in [1.165, 1.54) is 0 Å². The number of rotatable bonds is 7. The van der Waals surface area contributed by atoms with Gasteiger partial charge < -0.3 is 20.3 Å². The highest BCUT2D eigenvalue weighted by atomic mass is 16.6. The molecule has 2 aromatic rings. The first-order chi connectivity index (χ1) is 15.0. The second-order valence-corrected chi connectivity index (χ2v) is 6.83. The summed E-state index contributed by atoms with van der Waals surface area (Å²) >= 11 is 0. The van der Waals surface area contributed by atoms with Crippen LogP contribution in [0.1, 0.15) is 24.0 Å². The molecule has 2 atom stereocenters. The summed E-state index contributed by atoms with van der Waals surface area (Å²) in [5.41, 5.74) is 5.20. The van der Waals surface area contributed by atoms with Crippen molar-refractivity contribution < 1.29 is 34.2 Å². The van der Waals surface area contributed by atoms with Crippen LogP contribution in [0.15, 0.2) is 60.7 Å². The van der Waals surface area contributed by atoms with Gasteiger partial charge in [0.25, 0.3) is 0 Å². The number of hydrogen-bond acceptors (Lipinski definition) is 7. The Kier molecular flexibility index (Phi) is 10.2. The molecule has 0 unspecified atom stereocenters. The summed E-state index contributed by atoms with van der Waals surface area (Å²) in [6.45, 7) is 1.53. The zero-order chi connectivity index (χ0) is 22.5. The molecule has 9 heteroatoms. The molecular weight excluding hydrogens is 404 g/mol. The van der Waals surface area contributed by atoms with Crippen LogP contribution in [-0.4, -0.2) is 46.7 Å². The van der Waals surface area contributed by atoms with Crippen molar-refractivity contribution in [1.29, 1.82) is 0 Å². The highest BCUT2D eigenvalue weighted by Crippen LogP contribution is 2.11. The van der Waals surface area contributed by atoms with E-state index in [0.717, 1.165) is 24.0 Å². The number of carbonyl (C=O) groups excluding carboxylic acids is 1. The fourth-order valence-corrected chi connectivity index (χ4v) is 2.80. The lowest BCUT2D eigenvalue weighted by Gasteiger charge is -2.28. The number of carboxylic acids is 2. The van der Waals surface area contributed by atoms with Crippen molar-refractivity contribution >= 4 is 17.9 Å². The summed E-state index contributed by atoms with van der Waals surface area (Å²) in [4.78, 5) is 35.9. The second kappa shape index (κ2) is 13.1. The largest absolute Gasteiger partial charge is 0.473 e. The van der Waals surface area contributed by atoms with Gasteiger partial charge in [-0.05, 0) is 24.0 Å². The molecule has 1 heterocycles. The standard InChI is InChI=1S/C20H24N2O3.C2H2O4/c23-20(24-14-16-7-3-1-4-8-16)19-12-11-18(13-21-19)22-25-15-17-9-5-2-6-10-17;3-1(4)2(5)6/h1-10,18-19,21-22H,11-15H2;(H,3,4)(H,5,6)/t18-,19+;/m1./s1. The molecule has 0 aliphatic carbocycles. The van der Waals surface area contributed by atoms with E-state index in [9.17, 15) is 4.79 Å². The Labute approximate surface area is 179 Å². The molecule has 3 rings (SSSR count). The van der Waals surface area contributed by atoms with E-state index < -0.39 is 11.9 Å². The van der Waals surface area contributed by atoms with E-state index >= 15 is 0 Å². The Balaban J connectivity index is 0.000000501. The van der Waals surface area contributed by atoms with Gasteiger partial charge in [0.05, 0.1) is 6.61 Å². The smallest absolute Gasteiger partial charge is 0.414 e. The summed E-state index contributed by atoms with van der Waals surface area (Å²) in [5, 5.41) is 18.0. The summed E-state index contributed by atoms with van der Waals surface area (Å²) < 4.78 is 5.39. The number of esters is 1. The monoisotopic (exact) mass is 430 g/mol. The van der Waals surface area contributed by atoms with E-state index in [4.69, 9.17) is 29.4 Å². The van der Waals surface area contributed by atoms with Crippen molar-refractivity contribution in [1.82, 2.24) is 10.8 Å². The predicted molar refractivity (Wildman–Crippen MR) is 111 cm³/mol. The first-order valence-electron chi connectivity index (χ1n) is 9.77. The molecule has 1 aliphatic rings. The quantitative estimate of drug-likeness (QED) is 0.294. The van der Waals surface area contributed by atoms with Gasteiger partial charge in [-0.3, -0.25) is 9.63 Å². The van der Waals surface area contributed by atoms with Gasteiger partial charge in [-0.25, -0.2) is 9.59 Å². The number of benzene rings is 2. The third-order valence-electron chi connectivity index (χ3n) is 4.44. The summed E-state index contributed by atoms with van der Waals surface area (Å²) in [6, 6.07) is 19.7. The third kappa shape index (κ3) is 9.39. The Morgan fingerprint density at radius 1 is 0.871 bits per heavy atom. The minimum Gasteiger partial charge on any atom is -0.473 e. The maximum Gasteiger partial charge on any atom is 0.414 e. The van der Waals surface area contributed by atoms with Crippen molar-refractivity contribution in [2.75, 3.05) is 6.54 Å². The fourth-order valence-electron chi connectivity index (χ4n) is 2.80. The van der Waals surface area contributed by atoms with Crippen LogP contribution in [0.4, 0.5) is 0 Å². The van der Waals surface area contributed by atoms with Gasteiger partial charge in [-0.2, -0.15) is 5.48 Å².